The molecule has 15 nitrogen and oxygen atoms in total. The summed E-state index contributed by atoms with van der Waals surface area (Å²) in [4.78, 5) is 79.2. The lowest BCUT2D eigenvalue weighted by Gasteiger charge is -2.46. The molecule has 0 radical (unpaired) electrons. The van der Waals surface area contributed by atoms with Crippen molar-refractivity contribution < 1.29 is 38.7 Å². The standard InChI is InChI=1S/C36H44N6O9S/c1-21-28-27(22(2)44)32(45)41(28)29(33(46)50-19-23-7-9-25(10-8-23)42(48)49)30(21)52-26-17-36(20-43,40(18-26)34(47)51-35(3,4)5)39-15-11-24(12-16-39)31-37-13-6-14-38-31/h6-10,13-14,20-22,24,26-28,44H,11-12,15-19H2,1-5H3/t21-,22-,26+,27-,28-,36+/m1/s1. The largest absolute Gasteiger partial charge is 0.456 e. The van der Waals surface area contributed by atoms with Crippen LogP contribution in [0.25, 0.3) is 0 Å². The number of aldehydes is 1. The van der Waals surface area contributed by atoms with Crippen LogP contribution in [0, 0.1) is 22.0 Å². The summed E-state index contributed by atoms with van der Waals surface area (Å²) in [7, 11) is 0. The van der Waals surface area contributed by atoms with Crippen LogP contribution in [0.1, 0.15) is 71.2 Å². The zero-order valence-electron chi connectivity index (χ0n) is 29.8. The molecule has 0 saturated carbocycles. The number of carbonyl (C=O) groups excluding carboxylic acids is 4. The number of hydrogen-bond donors (Lipinski definition) is 1. The quantitative estimate of drug-likeness (QED) is 0.121. The number of aromatic nitrogens is 2. The molecule has 16 heteroatoms. The number of ether oxygens (including phenoxy) is 2. The molecular formula is C36H44N6O9S. The zero-order chi connectivity index (χ0) is 37.5. The highest BCUT2D eigenvalue weighted by molar-refractivity contribution is 8.03. The fourth-order valence-electron chi connectivity index (χ4n) is 7.81. The van der Waals surface area contributed by atoms with E-state index in [2.05, 4.69) is 9.97 Å². The Balaban J connectivity index is 1.28. The van der Waals surface area contributed by atoms with E-state index in [0.717, 1.165) is 12.1 Å². The van der Waals surface area contributed by atoms with E-state index in [1.54, 1.807) is 46.2 Å². The molecule has 4 aliphatic heterocycles. The van der Waals surface area contributed by atoms with Crippen LogP contribution in [0.2, 0.25) is 0 Å². The van der Waals surface area contributed by atoms with Crippen LogP contribution < -0.4 is 0 Å². The Morgan fingerprint density at radius 1 is 1.17 bits per heavy atom. The smallest absolute Gasteiger partial charge is 0.412 e. The molecule has 3 saturated heterocycles. The maximum atomic E-state index is 13.8. The lowest BCUT2D eigenvalue weighted by Crippen LogP contribution is -2.63. The first-order valence-electron chi connectivity index (χ1n) is 17.5. The minimum absolute atomic E-state index is 0.0717. The number of rotatable bonds is 10. The summed E-state index contributed by atoms with van der Waals surface area (Å²) in [5, 5.41) is 21.2. The van der Waals surface area contributed by atoms with Crippen LogP contribution in [0.3, 0.4) is 0 Å². The van der Waals surface area contributed by atoms with Crippen LogP contribution >= 0.6 is 11.8 Å². The van der Waals surface area contributed by atoms with Gasteiger partial charge in [-0.05, 0) is 64.3 Å². The van der Waals surface area contributed by atoms with Gasteiger partial charge >= 0.3 is 12.1 Å². The maximum Gasteiger partial charge on any atom is 0.412 e. The molecule has 0 unspecified atom stereocenters. The van der Waals surface area contributed by atoms with Gasteiger partial charge < -0.3 is 19.5 Å². The maximum absolute atomic E-state index is 13.8. The summed E-state index contributed by atoms with van der Waals surface area (Å²) in [6, 6.07) is 6.91. The predicted molar refractivity (Wildman–Crippen MR) is 188 cm³/mol. The number of likely N-dealkylation sites (tertiary alicyclic amines) is 2. The number of β-lactam (4-membered cyclic amide) rings is 1. The Hall–Kier alpha value is -4.41. The second kappa shape index (κ2) is 14.5. The normalized spacial score (nSPS) is 27.2. The van der Waals surface area contributed by atoms with Crippen molar-refractivity contribution in [1.29, 1.82) is 0 Å². The Bertz CT molecular complexity index is 1740. The van der Waals surface area contributed by atoms with E-state index < -0.39 is 46.3 Å². The fraction of sp³-hybridized carbons (Fsp3) is 0.556. The third-order valence-electron chi connectivity index (χ3n) is 10.3. The summed E-state index contributed by atoms with van der Waals surface area (Å²) in [6.45, 7) is 9.71. The number of hydrogen-bond acceptors (Lipinski definition) is 13. The van der Waals surface area contributed by atoms with E-state index in [1.807, 2.05) is 11.8 Å². The highest BCUT2D eigenvalue weighted by Gasteiger charge is 2.61. The molecule has 6 rings (SSSR count). The lowest BCUT2D eigenvalue weighted by atomic mass is 9.79. The molecule has 278 valence electrons. The third-order valence-corrected chi connectivity index (χ3v) is 11.8. The third kappa shape index (κ3) is 7.03. The van der Waals surface area contributed by atoms with Gasteiger partial charge in [-0.3, -0.25) is 29.5 Å². The van der Waals surface area contributed by atoms with E-state index in [0.29, 0.717) is 36.4 Å². The van der Waals surface area contributed by atoms with Gasteiger partial charge in [0.05, 0.1) is 23.0 Å². The minimum atomic E-state index is -1.32. The van der Waals surface area contributed by atoms with Gasteiger partial charge in [0.1, 0.15) is 23.7 Å². The summed E-state index contributed by atoms with van der Waals surface area (Å²) in [6.07, 6.45) is 4.29. The van der Waals surface area contributed by atoms with E-state index in [-0.39, 0.29) is 53.9 Å². The number of nitrogens with zero attached hydrogens (tertiary/aromatic N) is 6. The van der Waals surface area contributed by atoms with E-state index in [9.17, 15) is 34.4 Å². The molecular weight excluding hydrogens is 692 g/mol. The van der Waals surface area contributed by atoms with Crippen molar-refractivity contribution in [1.82, 2.24) is 24.7 Å². The van der Waals surface area contributed by atoms with Crippen molar-refractivity contribution >= 4 is 41.7 Å². The van der Waals surface area contributed by atoms with E-state index in [4.69, 9.17) is 9.47 Å². The van der Waals surface area contributed by atoms with Crippen molar-refractivity contribution in [2.24, 2.45) is 11.8 Å². The van der Waals surface area contributed by atoms with Crippen LogP contribution in [-0.4, -0.2) is 107 Å². The summed E-state index contributed by atoms with van der Waals surface area (Å²) in [5.41, 5.74) is -1.64. The molecule has 1 aromatic heterocycles. The molecule has 5 heterocycles. The number of non-ortho nitro benzene ring substituents is 1. The number of piperidine rings is 1. The van der Waals surface area contributed by atoms with Gasteiger partial charge in [-0.1, -0.05) is 6.92 Å². The van der Waals surface area contributed by atoms with Crippen molar-refractivity contribution in [3.8, 4) is 0 Å². The highest BCUT2D eigenvalue weighted by Crippen LogP contribution is 2.53. The van der Waals surface area contributed by atoms with Gasteiger partial charge in [0.2, 0.25) is 5.91 Å². The average molecular weight is 737 g/mol. The number of esters is 1. The van der Waals surface area contributed by atoms with E-state index >= 15 is 0 Å². The van der Waals surface area contributed by atoms with Gasteiger partial charge in [-0.15, -0.1) is 11.8 Å². The van der Waals surface area contributed by atoms with Crippen LogP contribution in [0.15, 0.2) is 53.3 Å². The Kier molecular flexibility index (Phi) is 10.4. The zero-order valence-corrected chi connectivity index (χ0v) is 30.7. The van der Waals surface area contributed by atoms with Gasteiger partial charge in [-0.2, -0.15) is 0 Å². The molecule has 1 aromatic carbocycles. The number of aliphatic hydroxyl groups is 1. The fourth-order valence-corrected chi connectivity index (χ4v) is 9.37. The summed E-state index contributed by atoms with van der Waals surface area (Å²) >= 11 is 1.34. The first kappa shape index (κ1) is 37.4. The van der Waals surface area contributed by atoms with Crippen molar-refractivity contribution in [3.05, 3.63) is 74.8 Å². The number of nitro benzene ring substituents is 1. The first-order chi connectivity index (χ1) is 24.6. The second-order valence-electron chi connectivity index (χ2n) is 14.9. The summed E-state index contributed by atoms with van der Waals surface area (Å²) in [5.74, 6) is -1.35. The number of nitro groups is 1. The second-order valence-corrected chi connectivity index (χ2v) is 16.2. The molecule has 3 fully saturated rings. The molecule has 52 heavy (non-hydrogen) atoms. The number of thioether (sulfide) groups is 1. The molecule has 0 bridgehead atoms. The van der Waals surface area contributed by atoms with Gasteiger partial charge in [-0.25, -0.2) is 19.6 Å². The molecule has 2 amide bonds. The Labute approximate surface area is 305 Å². The van der Waals surface area contributed by atoms with Gasteiger partial charge in [0.15, 0.2) is 11.9 Å². The molecule has 4 aliphatic rings. The van der Waals surface area contributed by atoms with Gasteiger partial charge in [0.25, 0.3) is 5.69 Å². The average Bonchev–Trinajstić information content (AvgIpc) is 3.60. The molecule has 2 aromatic rings. The summed E-state index contributed by atoms with van der Waals surface area (Å²) < 4.78 is 11.5. The minimum Gasteiger partial charge on any atom is -0.456 e. The molecule has 6 atom stereocenters. The Morgan fingerprint density at radius 2 is 1.83 bits per heavy atom. The predicted octanol–water partition coefficient (Wildman–Crippen LogP) is 4.01. The SMILES string of the molecule is C[C@@H](O)[C@H]1C(=O)N2C(C(=O)OCc3ccc([N+](=O)[O-])cc3)=C(S[C@@H]3CN(C(=O)OC(C)(C)C)[C@@](C=O)(N4CCC(c5ncccn5)CC4)C3)[C@H](C)[C@H]12. The molecule has 1 N–H and O–H groups in total. The Morgan fingerprint density at radius 3 is 2.40 bits per heavy atom. The number of amides is 2. The van der Waals surface area contributed by atoms with Crippen molar-refractivity contribution in [2.45, 2.75) is 95.1 Å². The topological polar surface area (TPSA) is 186 Å². The monoisotopic (exact) mass is 736 g/mol. The van der Waals surface area contributed by atoms with Crippen LogP contribution in [-0.2, 0) is 30.5 Å². The van der Waals surface area contributed by atoms with Crippen molar-refractivity contribution in [2.75, 3.05) is 19.6 Å². The number of benzene rings is 1. The first-order valence-corrected chi connectivity index (χ1v) is 18.3. The van der Waals surface area contributed by atoms with Crippen LogP contribution in [0.5, 0.6) is 0 Å². The molecule has 0 aliphatic carbocycles. The van der Waals surface area contributed by atoms with E-state index in [1.165, 1.54) is 45.8 Å². The van der Waals surface area contributed by atoms with Crippen molar-refractivity contribution in [3.63, 3.8) is 0 Å². The van der Waals surface area contributed by atoms with Gasteiger partial charge in [0, 0.05) is 72.6 Å². The van der Waals surface area contributed by atoms with Crippen LogP contribution in [0.4, 0.5) is 10.5 Å². The number of aliphatic hydroxyl groups excluding tert-OH is 1. The highest BCUT2D eigenvalue weighted by atomic mass is 32.2. The lowest BCUT2D eigenvalue weighted by molar-refractivity contribution is -0.384. The number of fused-ring (bicyclic) bond motifs is 1. The number of carbonyl (C=O) groups is 4. The molecule has 0 spiro atoms.